The van der Waals surface area contributed by atoms with Gasteiger partial charge in [-0.05, 0) is 30.5 Å². The third-order valence-corrected chi connectivity index (χ3v) is 4.29. The van der Waals surface area contributed by atoms with Crippen molar-refractivity contribution in [3.05, 3.63) is 91.6 Å². The maximum absolute atomic E-state index is 4.40. The Morgan fingerprint density at radius 2 is 2.17 bits per heavy atom. The summed E-state index contributed by atoms with van der Waals surface area (Å²) in [5, 5.41) is 3.43. The van der Waals surface area contributed by atoms with Crippen LogP contribution in [0.15, 0.2) is 85.9 Å². The zero-order chi connectivity index (χ0) is 17.4. The lowest BCUT2D eigenvalue weighted by atomic mass is 10.1. The maximum atomic E-state index is 4.40. The normalized spacial score (nSPS) is 17.4. The largest absolute Gasteiger partial charge is 0.383 e. The molecule has 0 spiro atoms. The van der Waals surface area contributed by atoms with Gasteiger partial charge in [0.05, 0.1) is 6.04 Å². The predicted octanol–water partition coefficient (Wildman–Crippen LogP) is 4.00. The molecule has 0 radical (unpaired) electrons. The second-order valence-corrected chi connectivity index (χ2v) is 5.98. The maximum Gasteiger partial charge on any atom is 0.0680 e. The molecule has 3 heteroatoms. The van der Waals surface area contributed by atoms with Crippen LogP contribution in [-0.4, -0.2) is 29.0 Å². The van der Waals surface area contributed by atoms with Crippen molar-refractivity contribution < 1.29 is 0 Å². The fraction of sp³-hybridized carbons (Fsp3) is 0.286. The molecule has 0 saturated carbocycles. The van der Waals surface area contributed by atoms with Crippen molar-refractivity contribution in [2.45, 2.75) is 25.3 Å². The third-order valence-electron chi connectivity index (χ3n) is 4.29. The Kier molecular flexibility index (Phi) is 6.62. The van der Waals surface area contributed by atoms with Gasteiger partial charge >= 0.3 is 0 Å². The fourth-order valence-electron chi connectivity index (χ4n) is 3.00. The summed E-state index contributed by atoms with van der Waals surface area (Å²) in [6, 6.07) is 6.28. The number of nitrogens with one attached hydrogen (secondary N) is 1. The van der Waals surface area contributed by atoms with Gasteiger partial charge in [-0.25, -0.2) is 0 Å². The smallest absolute Gasteiger partial charge is 0.0680 e. The van der Waals surface area contributed by atoms with Crippen LogP contribution in [0, 0.1) is 0 Å². The zero-order valence-electron chi connectivity index (χ0n) is 14.4. The summed E-state index contributed by atoms with van der Waals surface area (Å²) in [7, 11) is 0. The SMILES string of the molecule is C=C/C=C(\C=C)CNC(=C)C1CCCN1C(=C)Cc1ccccn1. The van der Waals surface area contributed by atoms with Gasteiger partial charge in [0.2, 0.25) is 0 Å². The van der Waals surface area contributed by atoms with E-state index >= 15 is 0 Å². The Balaban J connectivity index is 1.95. The van der Waals surface area contributed by atoms with E-state index in [1.807, 2.05) is 36.5 Å². The van der Waals surface area contributed by atoms with E-state index in [2.05, 4.69) is 41.5 Å². The highest BCUT2D eigenvalue weighted by Gasteiger charge is 2.27. The Labute approximate surface area is 145 Å². The Hall–Kier alpha value is -2.55. The summed E-state index contributed by atoms with van der Waals surface area (Å²) >= 11 is 0. The van der Waals surface area contributed by atoms with E-state index < -0.39 is 0 Å². The first-order valence-electron chi connectivity index (χ1n) is 8.36. The Bertz CT molecular complexity index is 628. The molecular weight excluding hydrogens is 294 g/mol. The van der Waals surface area contributed by atoms with E-state index in [1.54, 1.807) is 6.08 Å². The molecule has 0 aromatic carbocycles. The summed E-state index contributed by atoms with van der Waals surface area (Å²) in [4.78, 5) is 6.75. The van der Waals surface area contributed by atoms with Crippen LogP contribution >= 0.6 is 0 Å². The first-order valence-corrected chi connectivity index (χ1v) is 8.36. The molecule has 0 aliphatic carbocycles. The van der Waals surface area contributed by atoms with Crippen LogP contribution in [0.2, 0.25) is 0 Å². The summed E-state index contributed by atoms with van der Waals surface area (Å²) in [5.41, 5.74) is 4.29. The minimum atomic E-state index is 0.288. The lowest BCUT2D eigenvalue weighted by Crippen LogP contribution is -2.36. The van der Waals surface area contributed by atoms with Crippen molar-refractivity contribution in [2.75, 3.05) is 13.1 Å². The molecule has 1 atom stereocenters. The van der Waals surface area contributed by atoms with Crippen LogP contribution in [0.5, 0.6) is 0 Å². The Morgan fingerprint density at radius 3 is 2.83 bits per heavy atom. The second-order valence-electron chi connectivity index (χ2n) is 5.98. The molecule has 1 aromatic rings. The Morgan fingerprint density at radius 1 is 1.33 bits per heavy atom. The molecule has 1 aliphatic rings. The summed E-state index contributed by atoms with van der Waals surface area (Å²) in [6.07, 6.45) is 10.4. The summed E-state index contributed by atoms with van der Waals surface area (Å²) in [5.74, 6) is 0. The molecule has 1 aliphatic heterocycles. The lowest BCUT2D eigenvalue weighted by molar-refractivity contribution is 0.338. The number of aromatic nitrogens is 1. The number of hydrogen-bond donors (Lipinski definition) is 1. The minimum absolute atomic E-state index is 0.288. The molecule has 1 aromatic heterocycles. The number of likely N-dealkylation sites (tertiary alicyclic amines) is 1. The van der Waals surface area contributed by atoms with Crippen LogP contribution in [0.4, 0.5) is 0 Å². The number of rotatable bonds is 9. The lowest BCUT2D eigenvalue weighted by Gasteiger charge is -2.30. The van der Waals surface area contributed by atoms with Gasteiger partial charge in [-0.3, -0.25) is 4.98 Å². The van der Waals surface area contributed by atoms with Crippen molar-refractivity contribution in [1.29, 1.82) is 0 Å². The molecule has 126 valence electrons. The fourth-order valence-corrected chi connectivity index (χ4v) is 3.00. The molecule has 0 amide bonds. The van der Waals surface area contributed by atoms with Crippen molar-refractivity contribution >= 4 is 0 Å². The first-order chi connectivity index (χ1) is 11.7. The summed E-state index contributed by atoms with van der Waals surface area (Å²) in [6.45, 7) is 17.8. The van der Waals surface area contributed by atoms with Gasteiger partial charge in [0.25, 0.3) is 0 Å². The van der Waals surface area contributed by atoms with Crippen molar-refractivity contribution in [3.63, 3.8) is 0 Å². The quantitative estimate of drug-likeness (QED) is 0.697. The molecule has 1 saturated heterocycles. The standard InChI is InChI=1S/C21H27N3/c1-5-10-19(6-2)16-23-18(4)21-12-9-14-24(21)17(3)15-20-11-7-8-13-22-20/h5-8,10-11,13,21,23H,1-4,9,12,14-16H2/b19-10+. The monoisotopic (exact) mass is 321 g/mol. The van der Waals surface area contributed by atoms with Crippen LogP contribution in [-0.2, 0) is 6.42 Å². The molecule has 0 bridgehead atoms. The van der Waals surface area contributed by atoms with Gasteiger partial charge in [0, 0.05) is 42.8 Å². The van der Waals surface area contributed by atoms with Gasteiger partial charge in [-0.15, -0.1) is 0 Å². The van der Waals surface area contributed by atoms with Gasteiger partial charge in [0.1, 0.15) is 0 Å². The van der Waals surface area contributed by atoms with Crippen LogP contribution in [0.1, 0.15) is 18.5 Å². The van der Waals surface area contributed by atoms with Crippen LogP contribution in [0.25, 0.3) is 0 Å². The molecule has 1 unspecified atom stereocenters. The van der Waals surface area contributed by atoms with Crippen LogP contribution < -0.4 is 5.32 Å². The minimum Gasteiger partial charge on any atom is -0.383 e. The average molecular weight is 321 g/mol. The zero-order valence-corrected chi connectivity index (χ0v) is 14.4. The van der Waals surface area contributed by atoms with E-state index in [0.29, 0.717) is 6.54 Å². The predicted molar refractivity (Wildman–Crippen MR) is 102 cm³/mol. The highest BCUT2D eigenvalue weighted by atomic mass is 15.2. The molecule has 1 N–H and O–H groups in total. The molecule has 3 nitrogen and oxygen atoms in total. The van der Waals surface area contributed by atoms with E-state index in [0.717, 1.165) is 48.5 Å². The first kappa shape index (κ1) is 17.8. The van der Waals surface area contributed by atoms with Gasteiger partial charge in [-0.2, -0.15) is 0 Å². The number of allylic oxidation sites excluding steroid dienone is 3. The number of pyridine rings is 1. The highest BCUT2D eigenvalue weighted by molar-refractivity contribution is 5.25. The molecule has 24 heavy (non-hydrogen) atoms. The van der Waals surface area contributed by atoms with Gasteiger partial charge < -0.3 is 10.2 Å². The van der Waals surface area contributed by atoms with Crippen molar-refractivity contribution in [3.8, 4) is 0 Å². The summed E-state index contributed by atoms with van der Waals surface area (Å²) < 4.78 is 0. The average Bonchev–Trinajstić information content (AvgIpc) is 3.09. The molecule has 2 heterocycles. The molecule has 2 rings (SSSR count). The second kappa shape index (κ2) is 8.92. The highest BCUT2D eigenvalue weighted by Crippen LogP contribution is 2.26. The molecule has 1 fully saturated rings. The van der Waals surface area contributed by atoms with Gasteiger partial charge in [-0.1, -0.05) is 50.6 Å². The van der Waals surface area contributed by atoms with E-state index in [1.165, 1.54) is 0 Å². The topological polar surface area (TPSA) is 28.2 Å². The number of nitrogens with zero attached hydrogens (tertiary/aromatic N) is 2. The molecular formula is C21H27N3. The van der Waals surface area contributed by atoms with E-state index in [-0.39, 0.29) is 6.04 Å². The van der Waals surface area contributed by atoms with E-state index in [9.17, 15) is 0 Å². The third kappa shape index (κ3) is 4.72. The van der Waals surface area contributed by atoms with Crippen molar-refractivity contribution in [1.82, 2.24) is 15.2 Å². The van der Waals surface area contributed by atoms with E-state index in [4.69, 9.17) is 0 Å². The van der Waals surface area contributed by atoms with Crippen molar-refractivity contribution in [2.24, 2.45) is 0 Å². The van der Waals surface area contributed by atoms with Gasteiger partial charge in [0.15, 0.2) is 0 Å². The number of hydrogen-bond acceptors (Lipinski definition) is 3. The van der Waals surface area contributed by atoms with Crippen LogP contribution in [0.3, 0.4) is 0 Å².